The molecule has 5 nitrogen and oxygen atoms in total. The number of rotatable bonds is 3. The van der Waals surface area contributed by atoms with Crippen LogP contribution in [0.1, 0.15) is 12.8 Å². The molecule has 0 saturated carbocycles. The summed E-state index contributed by atoms with van der Waals surface area (Å²) in [5.41, 5.74) is 3.61. The third-order valence-electron chi connectivity index (χ3n) is 3.40. The first-order chi connectivity index (χ1) is 9.28. The van der Waals surface area contributed by atoms with E-state index in [0.717, 1.165) is 18.8 Å². The van der Waals surface area contributed by atoms with Gasteiger partial charge in [0.15, 0.2) is 0 Å². The summed E-state index contributed by atoms with van der Waals surface area (Å²) in [6, 6.07) is 9.91. The normalized spacial score (nSPS) is 21.2. The maximum Gasteiger partial charge on any atom is 0.210 e. The fraction of sp³-hybridized carbons (Fsp3) is 0.500. The fourth-order valence-electron chi connectivity index (χ4n) is 2.42. The van der Waals surface area contributed by atoms with Crippen molar-refractivity contribution in [2.75, 3.05) is 32.0 Å². The highest BCUT2D eigenvalue weighted by atomic mass is 15.3. The Morgan fingerprint density at radius 3 is 2.89 bits per heavy atom. The van der Waals surface area contributed by atoms with Crippen molar-refractivity contribution < 1.29 is 0 Å². The summed E-state index contributed by atoms with van der Waals surface area (Å²) in [5, 5.41) is 3.18. The highest BCUT2D eigenvalue weighted by Gasteiger charge is 2.16. The highest BCUT2D eigenvalue weighted by Crippen LogP contribution is 2.15. The topological polar surface area (TPSA) is 65.7 Å². The van der Waals surface area contributed by atoms with Gasteiger partial charge in [-0.05, 0) is 44.5 Å². The molecule has 19 heavy (non-hydrogen) atoms. The maximum atomic E-state index is 5.51. The van der Waals surface area contributed by atoms with Gasteiger partial charge in [-0.2, -0.15) is 0 Å². The van der Waals surface area contributed by atoms with Crippen LogP contribution in [-0.2, 0) is 0 Å². The molecular formula is C14H23N5. The summed E-state index contributed by atoms with van der Waals surface area (Å²) in [6.45, 7) is 3.13. The molecule has 0 radical (unpaired) electrons. The number of nitrogens with zero attached hydrogens (tertiary/aromatic N) is 2. The Kier molecular flexibility index (Phi) is 5.18. The standard InChI is InChI=1S/C14H23N5/c1-19-9-5-6-12(11-19)10-16-14(18-15)17-13-7-3-2-4-8-13/h2-4,7-8,12H,5-6,9-11,15H2,1H3,(H2,16,17,18). The van der Waals surface area contributed by atoms with Crippen LogP contribution < -0.4 is 16.6 Å². The van der Waals surface area contributed by atoms with E-state index in [1.54, 1.807) is 0 Å². The van der Waals surface area contributed by atoms with Crippen LogP contribution in [-0.4, -0.2) is 37.5 Å². The van der Waals surface area contributed by atoms with Crippen LogP contribution >= 0.6 is 0 Å². The molecule has 1 fully saturated rings. The van der Waals surface area contributed by atoms with E-state index < -0.39 is 0 Å². The van der Waals surface area contributed by atoms with E-state index in [1.807, 2.05) is 30.3 Å². The minimum absolute atomic E-state index is 0.624. The molecule has 0 aromatic heterocycles. The van der Waals surface area contributed by atoms with Crippen molar-refractivity contribution in [2.45, 2.75) is 12.8 Å². The monoisotopic (exact) mass is 261 g/mol. The van der Waals surface area contributed by atoms with Gasteiger partial charge in [0.25, 0.3) is 0 Å². The molecule has 1 unspecified atom stereocenters. The van der Waals surface area contributed by atoms with E-state index in [0.29, 0.717) is 11.9 Å². The number of hydrogen-bond acceptors (Lipinski definition) is 3. The summed E-state index contributed by atoms with van der Waals surface area (Å²) >= 11 is 0. The number of likely N-dealkylation sites (tertiary alicyclic amines) is 1. The average Bonchev–Trinajstić information content (AvgIpc) is 2.44. The van der Waals surface area contributed by atoms with Crippen molar-refractivity contribution >= 4 is 11.6 Å². The van der Waals surface area contributed by atoms with Crippen LogP contribution in [0.3, 0.4) is 0 Å². The Morgan fingerprint density at radius 1 is 1.42 bits per heavy atom. The molecule has 4 N–H and O–H groups in total. The minimum Gasteiger partial charge on any atom is -0.325 e. The molecular weight excluding hydrogens is 238 g/mol. The molecule has 104 valence electrons. The second-order valence-electron chi connectivity index (χ2n) is 5.10. The first kappa shape index (κ1) is 13.8. The lowest BCUT2D eigenvalue weighted by Gasteiger charge is -2.28. The van der Waals surface area contributed by atoms with Gasteiger partial charge in [0.2, 0.25) is 5.96 Å². The van der Waals surface area contributed by atoms with Gasteiger partial charge in [-0.25, -0.2) is 5.84 Å². The first-order valence-corrected chi connectivity index (χ1v) is 6.79. The molecule has 1 aromatic rings. The van der Waals surface area contributed by atoms with Crippen LogP contribution in [0.2, 0.25) is 0 Å². The van der Waals surface area contributed by atoms with Crippen LogP contribution in [0.15, 0.2) is 35.3 Å². The van der Waals surface area contributed by atoms with Gasteiger partial charge in [0.1, 0.15) is 0 Å². The molecule has 1 aromatic carbocycles. The number of para-hydroxylation sites is 1. The molecule has 0 amide bonds. The van der Waals surface area contributed by atoms with Gasteiger partial charge in [0.05, 0.1) is 0 Å². The zero-order valence-electron chi connectivity index (χ0n) is 11.5. The lowest BCUT2D eigenvalue weighted by atomic mass is 9.99. The lowest BCUT2D eigenvalue weighted by molar-refractivity contribution is 0.214. The Morgan fingerprint density at radius 2 is 2.21 bits per heavy atom. The zero-order valence-corrected chi connectivity index (χ0v) is 11.5. The first-order valence-electron chi connectivity index (χ1n) is 6.79. The number of anilines is 1. The van der Waals surface area contributed by atoms with E-state index in [4.69, 9.17) is 5.84 Å². The molecule has 0 spiro atoms. The van der Waals surface area contributed by atoms with Crippen molar-refractivity contribution in [3.63, 3.8) is 0 Å². The molecule has 1 heterocycles. The third-order valence-corrected chi connectivity index (χ3v) is 3.40. The predicted molar refractivity (Wildman–Crippen MR) is 79.9 cm³/mol. The van der Waals surface area contributed by atoms with Gasteiger partial charge >= 0.3 is 0 Å². The molecule has 0 bridgehead atoms. The van der Waals surface area contributed by atoms with Gasteiger partial charge in [-0.15, -0.1) is 0 Å². The van der Waals surface area contributed by atoms with E-state index in [1.165, 1.54) is 19.4 Å². The molecule has 1 saturated heterocycles. The van der Waals surface area contributed by atoms with Crippen molar-refractivity contribution in [1.29, 1.82) is 0 Å². The molecule has 0 aliphatic carbocycles. The Balaban J connectivity index is 1.88. The number of guanidine groups is 1. The van der Waals surface area contributed by atoms with Crippen molar-refractivity contribution in [1.82, 2.24) is 10.3 Å². The van der Waals surface area contributed by atoms with Gasteiger partial charge in [-0.1, -0.05) is 18.2 Å². The van der Waals surface area contributed by atoms with E-state index in [2.05, 4.69) is 27.7 Å². The summed E-state index contributed by atoms with van der Waals surface area (Å²) in [7, 11) is 2.17. The van der Waals surface area contributed by atoms with E-state index >= 15 is 0 Å². The Hall–Kier alpha value is -1.59. The molecule has 1 aliphatic rings. The van der Waals surface area contributed by atoms with E-state index in [-0.39, 0.29) is 0 Å². The zero-order chi connectivity index (χ0) is 13.5. The van der Waals surface area contributed by atoms with Crippen LogP contribution in [0, 0.1) is 5.92 Å². The molecule has 1 aliphatic heterocycles. The quantitative estimate of drug-likeness (QED) is 0.332. The van der Waals surface area contributed by atoms with Gasteiger partial charge in [0, 0.05) is 18.8 Å². The lowest BCUT2D eigenvalue weighted by Crippen LogP contribution is -2.38. The summed E-state index contributed by atoms with van der Waals surface area (Å²) < 4.78 is 0. The molecule has 5 heteroatoms. The second kappa shape index (κ2) is 7.11. The van der Waals surface area contributed by atoms with Crippen LogP contribution in [0.4, 0.5) is 5.69 Å². The molecule has 2 rings (SSSR count). The molecule has 1 atom stereocenters. The van der Waals surface area contributed by atoms with Gasteiger partial charge < -0.3 is 10.2 Å². The number of piperidine rings is 1. The number of benzene rings is 1. The number of hydrogen-bond donors (Lipinski definition) is 3. The summed E-state index contributed by atoms with van der Waals surface area (Å²) in [4.78, 5) is 6.90. The number of aliphatic imine (C=N–C) groups is 1. The van der Waals surface area contributed by atoms with Crippen molar-refractivity contribution in [3.8, 4) is 0 Å². The fourth-order valence-corrected chi connectivity index (χ4v) is 2.42. The number of nitrogens with two attached hydrogens (primary N) is 1. The van der Waals surface area contributed by atoms with Crippen LogP contribution in [0.5, 0.6) is 0 Å². The Bertz CT molecular complexity index is 404. The van der Waals surface area contributed by atoms with Crippen LogP contribution in [0.25, 0.3) is 0 Å². The number of nitrogens with one attached hydrogen (secondary N) is 2. The SMILES string of the molecule is CN1CCCC(CN=C(NN)Nc2ccccc2)C1. The number of hydrazine groups is 1. The largest absolute Gasteiger partial charge is 0.325 e. The Labute approximate surface area is 114 Å². The smallest absolute Gasteiger partial charge is 0.210 e. The summed E-state index contributed by atoms with van der Waals surface area (Å²) in [5.74, 6) is 6.76. The van der Waals surface area contributed by atoms with Crippen molar-refractivity contribution in [3.05, 3.63) is 30.3 Å². The second-order valence-corrected chi connectivity index (χ2v) is 5.10. The minimum atomic E-state index is 0.624. The average molecular weight is 261 g/mol. The van der Waals surface area contributed by atoms with Crippen molar-refractivity contribution in [2.24, 2.45) is 16.8 Å². The maximum absolute atomic E-state index is 5.51. The summed E-state index contributed by atoms with van der Waals surface area (Å²) in [6.07, 6.45) is 2.51. The third kappa shape index (κ3) is 4.54. The van der Waals surface area contributed by atoms with Gasteiger partial charge in [-0.3, -0.25) is 10.4 Å². The highest BCUT2D eigenvalue weighted by molar-refractivity contribution is 5.93. The predicted octanol–water partition coefficient (Wildman–Crippen LogP) is 1.26. The van der Waals surface area contributed by atoms with E-state index in [9.17, 15) is 0 Å².